The lowest BCUT2D eigenvalue weighted by Crippen LogP contribution is -2.42. The van der Waals surface area contributed by atoms with Gasteiger partial charge < -0.3 is 4.57 Å². The number of fused-ring (bicyclic) bond motifs is 2. The van der Waals surface area contributed by atoms with Gasteiger partial charge in [-0.05, 0) is 12.8 Å². The maximum absolute atomic E-state index is 11.5. The molecule has 86 valence electrons. The number of piperidine rings is 1. The average Bonchev–Trinajstić information content (AvgIpc) is 2.73. The zero-order valence-electron chi connectivity index (χ0n) is 9.46. The number of rotatable bonds is 2. The molecule has 1 aromatic rings. The van der Waals surface area contributed by atoms with Crippen LogP contribution < -0.4 is 0 Å². The van der Waals surface area contributed by atoms with Crippen LogP contribution >= 0.6 is 0 Å². The first kappa shape index (κ1) is 9.96. The van der Waals surface area contributed by atoms with E-state index in [2.05, 4.69) is 15.1 Å². The normalized spacial score (nSPS) is 29.9. The van der Waals surface area contributed by atoms with E-state index in [1.165, 1.54) is 0 Å². The number of hydrogen-bond acceptors (Lipinski definition) is 4. The third kappa shape index (κ3) is 1.55. The molecule has 0 aromatic carbocycles. The van der Waals surface area contributed by atoms with Crippen LogP contribution in [0, 0.1) is 0 Å². The third-order valence-electron chi connectivity index (χ3n) is 3.83. The molecule has 2 aliphatic heterocycles. The fourth-order valence-corrected chi connectivity index (χ4v) is 2.93. The van der Waals surface area contributed by atoms with E-state index in [1.807, 2.05) is 11.6 Å². The zero-order valence-corrected chi connectivity index (χ0v) is 9.46. The van der Waals surface area contributed by atoms with Crippen molar-refractivity contribution in [1.29, 1.82) is 0 Å². The monoisotopic (exact) mass is 220 g/mol. The molecule has 0 N–H and O–H groups in total. The number of aromatic nitrogens is 3. The molecule has 16 heavy (non-hydrogen) atoms. The Hall–Kier alpha value is -1.23. The molecule has 0 radical (unpaired) electrons. The third-order valence-corrected chi connectivity index (χ3v) is 3.83. The fourth-order valence-electron chi connectivity index (χ4n) is 2.93. The van der Waals surface area contributed by atoms with Crippen molar-refractivity contribution >= 4 is 5.78 Å². The van der Waals surface area contributed by atoms with E-state index in [1.54, 1.807) is 6.33 Å². The number of carbonyl (C=O) groups excluding carboxylic acids is 1. The SMILES string of the molecule is Cn1cnnc1CN1C2CCC1CC(=O)C2. The lowest BCUT2D eigenvalue weighted by molar-refractivity contribution is -0.123. The van der Waals surface area contributed by atoms with Gasteiger partial charge in [0, 0.05) is 32.0 Å². The van der Waals surface area contributed by atoms with E-state index in [-0.39, 0.29) is 0 Å². The summed E-state index contributed by atoms with van der Waals surface area (Å²) in [6.07, 6.45) is 5.51. The minimum atomic E-state index is 0.432. The van der Waals surface area contributed by atoms with E-state index < -0.39 is 0 Å². The molecule has 0 amide bonds. The van der Waals surface area contributed by atoms with Crippen molar-refractivity contribution in [2.45, 2.75) is 44.3 Å². The molecule has 3 heterocycles. The Labute approximate surface area is 94.5 Å². The molecule has 5 nitrogen and oxygen atoms in total. The fraction of sp³-hybridized carbons (Fsp3) is 0.727. The predicted molar refractivity (Wildman–Crippen MR) is 57.6 cm³/mol. The van der Waals surface area contributed by atoms with Crippen LogP contribution in [0.3, 0.4) is 0 Å². The molecular weight excluding hydrogens is 204 g/mol. The van der Waals surface area contributed by atoms with Gasteiger partial charge in [0.25, 0.3) is 0 Å². The first-order chi connectivity index (χ1) is 7.74. The summed E-state index contributed by atoms with van der Waals surface area (Å²) in [5, 5.41) is 8.00. The maximum atomic E-state index is 11.5. The van der Waals surface area contributed by atoms with Crippen molar-refractivity contribution in [3.63, 3.8) is 0 Å². The Morgan fingerprint density at radius 1 is 1.38 bits per heavy atom. The van der Waals surface area contributed by atoms with E-state index in [4.69, 9.17) is 0 Å². The predicted octanol–water partition coefficient (Wildman–Crippen LogP) is 0.511. The summed E-state index contributed by atoms with van der Waals surface area (Å²) < 4.78 is 1.95. The highest BCUT2D eigenvalue weighted by Crippen LogP contribution is 2.34. The Balaban J connectivity index is 1.77. The number of nitrogens with zero attached hydrogens (tertiary/aromatic N) is 4. The van der Waals surface area contributed by atoms with Gasteiger partial charge in [0.15, 0.2) is 0 Å². The quantitative estimate of drug-likeness (QED) is 0.728. The van der Waals surface area contributed by atoms with E-state index in [9.17, 15) is 4.79 Å². The van der Waals surface area contributed by atoms with Crippen LogP contribution in [0.1, 0.15) is 31.5 Å². The van der Waals surface area contributed by atoms with Crippen LogP contribution in [0.4, 0.5) is 0 Å². The van der Waals surface area contributed by atoms with Crippen molar-refractivity contribution in [3.05, 3.63) is 12.2 Å². The lowest BCUT2D eigenvalue weighted by Gasteiger charge is -2.33. The van der Waals surface area contributed by atoms with Crippen LogP contribution in [0.5, 0.6) is 0 Å². The Morgan fingerprint density at radius 3 is 2.62 bits per heavy atom. The first-order valence-corrected chi connectivity index (χ1v) is 5.84. The second-order valence-electron chi connectivity index (χ2n) is 4.86. The number of ketones is 1. The summed E-state index contributed by atoms with van der Waals surface area (Å²) in [5.74, 6) is 1.42. The van der Waals surface area contributed by atoms with Gasteiger partial charge in [-0.3, -0.25) is 9.69 Å². The van der Waals surface area contributed by atoms with Gasteiger partial charge in [-0.25, -0.2) is 0 Å². The Bertz CT molecular complexity index is 398. The molecule has 3 rings (SSSR count). The summed E-state index contributed by atoms with van der Waals surface area (Å²) in [6.45, 7) is 0.832. The molecule has 2 bridgehead atoms. The number of Topliss-reactive ketones (excluding diaryl/α,β-unsaturated/α-hetero) is 1. The second kappa shape index (κ2) is 3.66. The van der Waals surface area contributed by atoms with Crippen molar-refractivity contribution in [1.82, 2.24) is 19.7 Å². The average molecular weight is 220 g/mol. The van der Waals surface area contributed by atoms with Gasteiger partial charge in [0.1, 0.15) is 17.9 Å². The van der Waals surface area contributed by atoms with E-state index in [0.717, 1.165) is 38.1 Å². The van der Waals surface area contributed by atoms with Gasteiger partial charge in [0.05, 0.1) is 6.54 Å². The summed E-state index contributed by atoms with van der Waals surface area (Å²) in [6, 6.07) is 0.894. The van der Waals surface area contributed by atoms with Gasteiger partial charge >= 0.3 is 0 Å². The second-order valence-corrected chi connectivity index (χ2v) is 4.86. The molecule has 1 aromatic heterocycles. The molecule has 5 heteroatoms. The topological polar surface area (TPSA) is 51.0 Å². The van der Waals surface area contributed by atoms with Crippen molar-refractivity contribution in [3.8, 4) is 0 Å². The molecule has 2 saturated heterocycles. The van der Waals surface area contributed by atoms with E-state index >= 15 is 0 Å². The van der Waals surface area contributed by atoms with Gasteiger partial charge in [-0.2, -0.15) is 0 Å². The van der Waals surface area contributed by atoms with Gasteiger partial charge in [-0.15, -0.1) is 10.2 Å². The Kier molecular flexibility index (Phi) is 2.28. The number of carbonyl (C=O) groups is 1. The number of hydrogen-bond donors (Lipinski definition) is 0. The molecule has 2 atom stereocenters. The van der Waals surface area contributed by atoms with Gasteiger partial charge in [-0.1, -0.05) is 0 Å². The maximum Gasteiger partial charge on any atom is 0.146 e. The highest BCUT2D eigenvalue weighted by atomic mass is 16.1. The molecule has 2 aliphatic rings. The minimum absolute atomic E-state index is 0.432. The van der Waals surface area contributed by atoms with Crippen molar-refractivity contribution in [2.24, 2.45) is 7.05 Å². The summed E-state index contributed by atoms with van der Waals surface area (Å²) in [5.41, 5.74) is 0. The molecular formula is C11H16N4O. The minimum Gasteiger partial charge on any atom is -0.320 e. The van der Waals surface area contributed by atoms with Crippen LogP contribution in [-0.4, -0.2) is 37.5 Å². The van der Waals surface area contributed by atoms with Crippen LogP contribution in [0.2, 0.25) is 0 Å². The standard InChI is InChI=1S/C11H16N4O/c1-14-7-12-13-11(14)6-15-8-2-3-9(15)5-10(16)4-8/h7-9H,2-6H2,1H3. The van der Waals surface area contributed by atoms with Gasteiger partial charge in [0.2, 0.25) is 0 Å². The molecule has 0 saturated carbocycles. The lowest BCUT2D eigenvalue weighted by atomic mass is 10.0. The van der Waals surface area contributed by atoms with E-state index in [0.29, 0.717) is 17.9 Å². The molecule has 0 spiro atoms. The van der Waals surface area contributed by atoms with Crippen LogP contribution in [0.25, 0.3) is 0 Å². The smallest absolute Gasteiger partial charge is 0.146 e. The van der Waals surface area contributed by atoms with Crippen molar-refractivity contribution < 1.29 is 4.79 Å². The summed E-state index contributed by atoms with van der Waals surface area (Å²) in [7, 11) is 1.96. The molecule has 2 fully saturated rings. The molecule has 2 unspecified atom stereocenters. The van der Waals surface area contributed by atoms with Crippen LogP contribution in [-0.2, 0) is 18.4 Å². The summed E-state index contributed by atoms with van der Waals surface area (Å²) >= 11 is 0. The van der Waals surface area contributed by atoms with Crippen LogP contribution in [0.15, 0.2) is 6.33 Å². The largest absolute Gasteiger partial charge is 0.320 e. The first-order valence-electron chi connectivity index (χ1n) is 5.84. The highest BCUT2D eigenvalue weighted by Gasteiger charge is 2.40. The zero-order chi connectivity index (χ0) is 11.1. The van der Waals surface area contributed by atoms with Crippen molar-refractivity contribution in [2.75, 3.05) is 0 Å². The Morgan fingerprint density at radius 2 is 2.06 bits per heavy atom. The summed E-state index contributed by atoms with van der Waals surface area (Å²) in [4.78, 5) is 13.9. The molecule has 0 aliphatic carbocycles. The number of aryl methyl sites for hydroxylation is 1. The highest BCUT2D eigenvalue weighted by molar-refractivity contribution is 5.80.